The topological polar surface area (TPSA) is 67.1 Å². The second kappa shape index (κ2) is 7.21. The largest absolute Gasteiger partial charge is 0.357 e. The molecule has 122 valence electrons. The van der Waals surface area contributed by atoms with Crippen molar-refractivity contribution in [3.05, 3.63) is 47.3 Å². The molecule has 3 rings (SSSR count). The fourth-order valence-corrected chi connectivity index (χ4v) is 2.65. The van der Waals surface area contributed by atoms with Crippen LogP contribution in [-0.4, -0.2) is 27.3 Å². The van der Waals surface area contributed by atoms with E-state index >= 15 is 0 Å². The van der Waals surface area contributed by atoms with Gasteiger partial charge in [-0.15, -0.1) is 10.2 Å². The number of guanidine groups is 1. The Balaban J connectivity index is 1.62. The lowest BCUT2D eigenvalue weighted by Crippen LogP contribution is -2.37. The molecule has 6 nitrogen and oxygen atoms in total. The maximum atomic E-state index is 13.2. The molecule has 0 amide bonds. The van der Waals surface area contributed by atoms with Crippen LogP contribution < -0.4 is 10.6 Å². The highest BCUT2D eigenvalue weighted by Crippen LogP contribution is 2.13. The van der Waals surface area contributed by atoms with E-state index in [1.165, 1.54) is 12.1 Å². The van der Waals surface area contributed by atoms with Crippen LogP contribution >= 0.6 is 0 Å². The van der Waals surface area contributed by atoms with E-state index < -0.39 is 0 Å². The Morgan fingerprint density at radius 1 is 1.35 bits per heavy atom. The molecular formula is C16H21FN6. The molecule has 0 aliphatic carbocycles. The van der Waals surface area contributed by atoms with Gasteiger partial charge in [0.05, 0.1) is 13.1 Å². The van der Waals surface area contributed by atoms with E-state index in [9.17, 15) is 4.39 Å². The molecule has 0 atom stereocenters. The van der Waals surface area contributed by atoms with Crippen LogP contribution in [-0.2, 0) is 26.1 Å². The Morgan fingerprint density at radius 3 is 3.09 bits per heavy atom. The van der Waals surface area contributed by atoms with Gasteiger partial charge in [0.1, 0.15) is 11.6 Å². The molecule has 0 radical (unpaired) electrons. The summed E-state index contributed by atoms with van der Waals surface area (Å²) in [6, 6.07) is 6.49. The number of rotatable bonds is 5. The summed E-state index contributed by atoms with van der Waals surface area (Å²) in [6.45, 7) is 4.74. The van der Waals surface area contributed by atoms with E-state index in [1.54, 1.807) is 6.07 Å². The van der Waals surface area contributed by atoms with E-state index in [-0.39, 0.29) is 5.82 Å². The van der Waals surface area contributed by atoms with Gasteiger partial charge in [0.25, 0.3) is 0 Å². The van der Waals surface area contributed by atoms with Crippen LogP contribution in [0.4, 0.5) is 4.39 Å². The minimum Gasteiger partial charge on any atom is -0.357 e. The highest BCUT2D eigenvalue weighted by molar-refractivity contribution is 5.79. The zero-order valence-electron chi connectivity index (χ0n) is 13.2. The summed E-state index contributed by atoms with van der Waals surface area (Å²) in [5.41, 5.74) is 0.838. The molecule has 23 heavy (non-hydrogen) atoms. The maximum Gasteiger partial charge on any atom is 0.191 e. The van der Waals surface area contributed by atoms with Gasteiger partial charge in [0.2, 0.25) is 0 Å². The number of benzene rings is 1. The number of halogens is 1. The molecule has 1 aliphatic rings. The van der Waals surface area contributed by atoms with Crippen molar-refractivity contribution in [3.63, 3.8) is 0 Å². The minimum atomic E-state index is -0.241. The molecule has 0 unspecified atom stereocenters. The van der Waals surface area contributed by atoms with Crippen molar-refractivity contribution in [2.75, 3.05) is 6.54 Å². The van der Waals surface area contributed by atoms with Gasteiger partial charge in [-0.3, -0.25) is 0 Å². The van der Waals surface area contributed by atoms with Crippen LogP contribution in [0.3, 0.4) is 0 Å². The SMILES string of the molecule is CCNC(=NCc1cccc(F)c1)NCc1nnc2n1CCC2. The summed E-state index contributed by atoms with van der Waals surface area (Å²) in [4.78, 5) is 4.49. The Labute approximate surface area is 134 Å². The van der Waals surface area contributed by atoms with Crippen LogP contribution in [0.5, 0.6) is 0 Å². The molecule has 0 saturated carbocycles. The summed E-state index contributed by atoms with van der Waals surface area (Å²) in [5.74, 6) is 2.43. The normalized spacial score (nSPS) is 13.9. The third-order valence-corrected chi connectivity index (χ3v) is 3.75. The highest BCUT2D eigenvalue weighted by Gasteiger charge is 2.16. The van der Waals surface area contributed by atoms with Crippen LogP contribution in [0, 0.1) is 5.82 Å². The minimum absolute atomic E-state index is 0.241. The second-order valence-electron chi connectivity index (χ2n) is 5.47. The first-order valence-electron chi connectivity index (χ1n) is 7.94. The first-order valence-corrected chi connectivity index (χ1v) is 7.94. The van der Waals surface area contributed by atoms with Crippen molar-refractivity contribution in [2.45, 2.75) is 39.4 Å². The number of fused-ring (bicyclic) bond motifs is 1. The molecular weight excluding hydrogens is 295 g/mol. The Bertz CT molecular complexity index is 694. The van der Waals surface area contributed by atoms with Crippen molar-refractivity contribution < 1.29 is 4.39 Å². The fraction of sp³-hybridized carbons (Fsp3) is 0.438. The molecule has 0 fully saturated rings. The van der Waals surface area contributed by atoms with E-state index in [2.05, 4.69) is 30.4 Å². The average molecular weight is 316 g/mol. The third-order valence-electron chi connectivity index (χ3n) is 3.75. The van der Waals surface area contributed by atoms with Crippen LogP contribution in [0.2, 0.25) is 0 Å². The lowest BCUT2D eigenvalue weighted by molar-refractivity contribution is 0.625. The van der Waals surface area contributed by atoms with Crippen molar-refractivity contribution in [1.29, 1.82) is 0 Å². The Morgan fingerprint density at radius 2 is 2.26 bits per heavy atom. The second-order valence-corrected chi connectivity index (χ2v) is 5.47. The number of aryl methyl sites for hydroxylation is 1. The number of nitrogens with zero attached hydrogens (tertiary/aromatic N) is 4. The zero-order valence-corrected chi connectivity index (χ0v) is 13.2. The van der Waals surface area contributed by atoms with E-state index in [4.69, 9.17) is 0 Å². The van der Waals surface area contributed by atoms with Gasteiger partial charge in [-0.05, 0) is 31.0 Å². The molecule has 7 heteroatoms. The summed E-state index contributed by atoms with van der Waals surface area (Å²) in [5, 5.41) is 14.9. The first-order chi connectivity index (χ1) is 11.3. The highest BCUT2D eigenvalue weighted by atomic mass is 19.1. The number of hydrogen-bond acceptors (Lipinski definition) is 3. The van der Waals surface area contributed by atoms with E-state index in [0.29, 0.717) is 19.0 Å². The van der Waals surface area contributed by atoms with E-state index in [0.717, 1.165) is 43.1 Å². The number of aliphatic imine (C=N–C) groups is 1. The molecule has 2 N–H and O–H groups in total. The van der Waals surface area contributed by atoms with Gasteiger partial charge in [0.15, 0.2) is 11.8 Å². The maximum absolute atomic E-state index is 13.2. The quantitative estimate of drug-likeness (QED) is 0.650. The smallest absolute Gasteiger partial charge is 0.191 e. The molecule has 1 aliphatic heterocycles. The van der Waals surface area contributed by atoms with Gasteiger partial charge in [-0.2, -0.15) is 0 Å². The number of hydrogen-bond donors (Lipinski definition) is 2. The van der Waals surface area contributed by atoms with Crippen LogP contribution in [0.15, 0.2) is 29.3 Å². The number of aromatic nitrogens is 3. The average Bonchev–Trinajstić information content (AvgIpc) is 3.14. The summed E-state index contributed by atoms with van der Waals surface area (Å²) in [7, 11) is 0. The van der Waals surface area contributed by atoms with E-state index in [1.807, 2.05) is 13.0 Å². The molecule has 1 aromatic heterocycles. The standard InChI is InChI=1S/C16H21FN6/c1-2-18-16(19-10-12-5-3-6-13(17)9-12)20-11-15-22-21-14-7-4-8-23(14)15/h3,5-6,9H,2,4,7-8,10-11H2,1H3,(H2,18,19,20). The lowest BCUT2D eigenvalue weighted by atomic mass is 10.2. The molecule has 0 spiro atoms. The molecule has 2 aromatic rings. The molecule has 0 saturated heterocycles. The van der Waals surface area contributed by atoms with Crippen LogP contribution in [0.25, 0.3) is 0 Å². The third kappa shape index (κ3) is 3.85. The monoisotopic (exact) mass is 316 g/mol. The first kappa shape index (κ1) is 15.5. The van der Waals surface area contributed by atoms with Crippen molar-refractivity contribution in [1.82, 2.24) is 25.4 Å². The van der Waals surface area contributed by atoms with Crippen molar-refractivity contribution >= 4 is 5.96 Å². The summed E-state index contributed by atoms with van der Waals surface area (Å²) < 4.78 is 15.4. The summed E-state index contributed by atoms with van der Waals surface area (Å²) in [6.07, 6.45) is 2.13. The fourth-order valence-electron chi connectivity index (χ4n) is 2.65. The molecule has 0 bridgehead atoms. The lowest BCUT2D eigenvalue weighted by Gasteiger charge is -2.11. The number of nitrogens with one attached hydrogen (secondary N) is 2. The Kier molecular flexibility index (Phi) is 4.85. The van der Waals surface area contributed by atoms with Gasteiger partial charge < -0.3 is 15.2 Å². The van der Waals surface area contributed by atoms with Gasteiger partial charge in [0, 0.05) is 19.5 Å². The van der Waals surface area contributed by atoms with Crippen LogP contribution in [0.1, 0.15) is 30.6 Å². The van der Waals surface area contributed by atoms with Crippen molar-refractivity contribution in [2.24, 2.45) is 4.99 Å². The van der Waals surface area contributed by atoms with Gasteiger partial charge >= 0.3 is 0 Å². The zero-order chi connectivity index (χ0) is 16.1. The summed E-state index contributed by atoms with van der Waals surface area (Å²) >= 11 is 0. The van der Waals surface area contributed by atoms with Gasteiger partial charge in [-0.1, -0.05) is 12.1 Å². The predicted molar refractivity (Wildman–Crippen MR) is 86.4 cm³/mol. The Hall–Kier alpha value is -2.44. The van der Waals surface area contributed by atoms with Gasteiger partial charge in [-0.25, -0.2) is 9.38 Å². The molecule has 2 heterocycles. The van der Waals surface area contributed by atoms with Crippen molar-refractivity contribution in [3.8, 4) is 0 Å². The predicted octanol–water partition coefficient (Wildman–Crippen LogP) is 1.62. The molecule has 1 aromatic carbocycles.